The van der Waals surface area contributed by atoms with Crippen LogP contribution in [0.5, 0.6) is 0 Å². The lowest BCUT2D eigenvalue weighted by Gasteiger charge is -2.21. The van der Waals surface area contributed by atoms with Crippen LogP contribution >= 0.6 is 0 Å². The van der Waals surface area contributed by atoms with Gasteiger partial charge in [-0.1, -0.05) is 6.92 Å². The first-order valence-electron chi connectivity index (χ1n) is 6.71. The molecule has 2 aliphatic rings. The fourth-order valence-electron chi connectivity index (χ4n) is 2.79. The average Bonchev–Trinajstić information content (AvgIpc) is 2.85. The van der Waals surface area contributed by atoms with Crippen molar-refractivity contribution in [2.45, 2.75) is 32.2 Å². The highest BCUT2D eigenvalue weighted by Crippen LogP contribution is 2.13. The first kappa shape index (κ1) is 13.3. The lowest BCUT2D eigenvalue weighted by Crippen LogP contribution is -2.37. The third-order valence-corrected chi connectivity index (χ3v) is 5.52. The van der Waals surface area contributed by atoms with Gasteiger partial charge in [0.15, 0.2) is 9.84 Å². The molecule has 2 heterocycles. The second-order valence-corrected chi connectivity index (χ2v) is 7.85. The summed E-state index contributed by atoms with van der Waals surface area (Å²) in [4.78, 5) is 2.51. The van der Waals surface area contributed by atoms with E-state index in [1.807, 2.05) is 0 Å². The van der Waals surface area contributed by atoms with Crippen molar-refractivity contribution in [2.24, 2.45) is 5.92 Å². The van der Waals surface area contributed by atoms with Crippen molar-refractivity contribution in [3.05, 3.63) is 0 Å². The molecule has 0 bridgehead atoms. The van der Waals surface area contributed by atoms with Gasteiger partial charge in [0.05, 0.1) is 11.5 Å². The van der Waals surface area contributed by atoms with Gasteiger partial charge in [0, 0.05) is 12.6 Å². The minimum absolute atomic E-state index is 0.195. The van der Waals surface area contributed by atoms with Crippen molar-refractivity contribution in [1.82, 2.24) is 10.2 Å². The molecule has 2 fully saturated rings. The van der Waals surface area contributed by atoms with E-state index in [1.54, 1.807) is 0 Å². The van der Waals surface area contributed by atoms with Gasteiger partial charge in [-0.3, -0.25) is 0 Å². The standard InChI is InChI=1S/C12H24N2O2S/c1-11(9-14-5-2-3-6-14)8-13-12-4-7-17(15,16)10-12/h11-13H,2-10H2,1H3. The van der Waals surface area contributed by atoms with E-state index in [1.165, 1.54) is 25.9 Å². The van der Waals surface area contributed by atoms with Crippen LogP contribution in [-0.4, -0.2) is 57.0 Å². The monoisotopic (exact) mass is 260 g/mol. The fourth-order valence-corrected chi connectivity index (χ4v) is 4.50. The summed E-state index contributed by atoms with van der Waals surface area (Å²) in [5.41, 5.74) is 0. The number of hydrogen-bond acceptors (Lipinski definition) is 4. The van der Waals surface area contributed by atoms with Gasteiger partial charge in [0.1, 0.15) is 0 Å². The molecule has 0 aromatic carbocycles. The summed E-state index contributed by atoms with van der Waals surface area (Å²) in [7, 11) is -2.74. The molecule has 2 rings (SSSR count). The zero-order chi connectivity index (χ0) is 12.3. The number of nitrogens with one attached hydrogen (secondary N) is 1. The Hall–Kier alpha value is -0.130. The second kappa shape index (κ2) is 5.67. The molecule has 0 radical (unpaired) electrons. The molecule has 0 amide bonds. The van der Waals surface area contributed by atoms with Crippen LogP contribution in [0.4, 0.5) is 0 Å². The number of nitrogens with zero attached hydrogens (tertiary/aromatic N) is 1. The molecule has 2 atom stereocenters. The maximum Gasteiger partial charge on any atom is 0.151 e. The van der Waals surface area contributed by atoms with Crippen LogP contribution < -0.4 is 5.32 Å². The molecule has 5 heteroatoms. The van der Waals surface area contributed by atoms with Crippen LogP contribution in [0.25, 0.3) is 0 Å². The Labute approximate surface area is 105 Å². The smallest absolute Gasteiger partial charge is 0.151 e. The third kappa shape index (κ3) is 4.23. The lowest BCUT2D eigenvalue weighted by molar-refractivity contribution is 0.279. The van der Waals surface area contributed by atoms with Crippen LogP contribution in [0.1, 0.15) is 26.2 Å². The molecule has 2 unspecified atom stereocenters. The van der Waals surface area contributed by atoms with Gasteiger partial charge in [-0.25, -0.2) is 8.42 Å². The quantitative estimate of drug-likeness (QED) is 0.782. The van der Waals surface area contributed by atoms with Crippen molar-refractivity contribution < 1.29 is 8.42 Å². The van der Waals surface area contributed by atoms with E-state index in [4.69, 9.17) is 0 Å². The minimum Gasteiger partial charge on any atom is -0.313 e. The van der Waals surface area contributed by atoms with Crippen LogP contribution in [0.2, 0.25) is 0 Å². The summed E-state index contributed by atoms with van der Waals surface area (Å²) in [6.07, 6.45) is 3.46. The second-order valence-electron chi connectivity index (χ2n) is 5.62. The summed E-state index contributed by atoms with van der Waals surface area (Å²) < 4.78 is 22.6. The van der Waals surface area contributed by atoms with Gasteiger partial charge in [-0.15, -0.1) is 0 Å². The SMILES string of the molecule is CC(CNC1CCS(=O)(=O)C1)CN1CCCC1. The maximum absolute atomic E-state index is 11.3. The Kier molecular flexibility index (Phi) is 4.44. The van der Waals surface area contributed by atoms with Gasteiger partial charge in [-0.2, -0.15) is 0 Å². The number of rotatable bonds is 5. The van der Waals surface area contributed by atoms with Crippen molar-refractivity contribution in [2.75, 3.05) is 37.7 Å². The molecule has 0 aromatic rings. The van der Waals surface area contributed by atoms with E-state index in [-0.39, 0.29) is 6.04 Å². The highest BCUT2D eigenvalue weighted by Gasteiger charge is 2.27. The Balaban J connectivity index is 1.64. The summed E-state index contributed by atoms with van der Waals surface area (Å²) >= 11 is 0. The molecule has 2 aliphatic heterocycles. The number of sulfone groups is 1. The molecule has 4 nitrogen and oxygen atoms in total. The molecule has 1 N–H and O–H groups in total. The van der Waals surface area contributed by atoms with E-state index in [0.29, 0.717) is 17.4 Å². The molecular weight excluding hydrogens is 236 g/mol. The fraction of sp³-hybridized carbons (Fsp3) is 1.00. The molecule has 0 saturated carbocycles. The van der Waals surface area contributed by atoms with Gasteiger partial charge >= 0.3 is 0 Å². The van der Waals surface area contributed by atoms with Crippen molar-refractivity contribution in [3.8, 4) is 0 Å². The van der Waals surface area contributed by atoms with Crippen LogP contribution in [0, 0.1) is 5.92 Å². The van der Waals surface area contributed by atoms with Gasteiger partial charge < -0.3 is 10.2 Å². The first-order valence-corrected chi connectivity index (χ1v) is 8.53. The highest BCUT2D eigenvalue weighted by atomic mass is 32.2. The Morgan fingerprint density at radius 3 is 2.65 bits per heavy atom. The van der Waals surface area contributed by atoms with Gasteiger partial charge in [0.25, 0.3) is 0 Å². The van der Waals surface area contributed by atoms with Gasteiger partial charge in [0.2, 0.25) is 0 Å². The summed E-state index contributed by atoms with van der Waals surface area (Å²) in [5, 5.41) is 3.41. The number of hydrogen-bond donors (Lipinski definition) is 1. The van der Waals surface area contributed by atoms with E-state index in [0.717, 1.165) is 19.5 Å². The van der Waals surface area contributed by atoms with Crippen LogP contribution in [-0.2, 0) is 9.84 Å². The molecule has 0 aliphatic carbocycles. The maximum atomic E-state index is 11.3. The highest BCUT2D eigenvalue weighted by molar-refractivity contribution is 7.91. The van der Waals surface area contributed by atoms with Crippen LogP contribution in [0.15, 0.2) is 0 Å². The molecular formula is C12H24N2O2S. The van der Waals surface area contributed by atoms with E-state index in [2.05, 4.69) is 17.1 Å². The predicted octanol–water partition coefficient (Wildman–Crippen LogP) is 0.495. The largest absolute Gasteiger partial charge is 0.313 e. The van der Waals surface area contributed by atoms with Gasteiger partial charge in [-0.05, 0) is 44.8 Å². The number of likely N-dealkylation sites (tertiary alicyclic amines) is 1. The summed E-state index contributed by atoms with van der Waals surface area (Å²) in [6, 6.07) is 0.195. The minimum atomic E-state index is -2.74. The van der Waals surface area contributed by atoms with Crippen molar-refractivity contribution in [1.29, 1.82) is 0 Å². The molecule has 2 saturated heterocycles. The Morgan fingerprint density at radius 2 is 2.06 bits per heavy atom. The van der Waals surface area contributed by atoms with Crippen LogP contribution in [0.3, 0.4) is 0 Å². The first-order chi connectivity index (χ1) is 8.05. The molecule has 100 valence electrons. The average molecular weight is 260 g/mol. The zero-order valence-corrected chi connectivity index (χ0v) is 11.5. The van der Waals surface area contributed by atoms with Crippen molar-refractivity contribution >= 4 is 9.84 Å². The molecule has 17 heavy (non-hydrogen) atoms. The molecule has 0 spiro atoms. The normalized spacial score (nSPS) is 30.8. The van der Waals surface area contributed by atoms with E-state index in [9.17, 15) is 8.42 Å². The van der Waals surface area contributed by atoms with E-state index >= 15 is 0 Å². The molecule has 0 aromatic heterocycles. The zero-order valence-electron chi connectivity index (χ0n) is 10.7. The third-order valence-electron chi connectivity index (χ3n) is 3.76. The van der Waals surface area contributed by atoms with E-state index < -0.39 is 9.84 Å². The predicted molar refractivity (Wildman–Crippen MR) is 69.9 cm³/mol. The summed E-state index contributed by atoms with van der Waals surface area (Å²) in [6.45, 7) is 6.81. The summed E-state index contributed by atoms with van der Waals surface area (Å²) in [5.74, 6) is 1.31. The lowest BCUT2D eigenvalue weighted by atomic mass is 10.1. The Morgan fingerprint density at radius 1 is 1.35 bits per heavy atom. The topological polar surface area (TPSA) is 49.4 Å². The van der Waals surface area contributed by atoms with Crippen molar-refractivity contribution in [3.63, 3.8) is 0 Å². The Bertz CT molecular complexity index is 336.